The third-order valence-corrected chi connectivity index (χ3v) is 3.49. The first-order valence-electron chi connectivity index (χ1n) is 9.42. The lowest BCUT2D eigenvalue weighted by atomic mass is 10.1. The minimum atomic E-state index is -0.870. The van der Waals surface area contributed by atoms with E-state index in [2.05, 4.69) is 0 Å². The molecule has 8 heteroatoms. The van der Waals surface area contributed by atoms with Gasteiger partial charge in [0.05, 0.1) is 11.1 Å². The zero-order chi connectivity index (χ0) is 22.8. The van der Waals surface area contributed by atoms with Crippen LogP contribution in [-0.2, 0) is 19.1 Å². The Hall–Kier alpha value is -3.42. The maximum Gasteiger partial charge on any atom is 0.339 e. The average Bonchev–Trinajstić information content (AvgIpc) is 2.71. The molecule has 8 nitrogen and oxygen atoms in total. The van der Waals surface area contributed by atoms with Crippen LogP contribution in [0.2, 0.25) is 0 Å². The van der Waals surface area contributed by atoms with Gasteiger partial charge < -0.3 is 19.7 Å². The Morgan fingerprint density at radius 3 is 1.43 bits per heavy atom. The van der Waals surface area contributed by atoms with Crippen molar-refractivity contribution in [3.8, 4) is 0 Å². The van der Waals surface area contributed by atoms with E-state index >= 15 is 0 Å². The van der Waals surface area contributed by atoms with Crippen LogP contribution < -0.4 is 0 Å². The van der Waals surface area contributed by atoms with Crippen molar-refractivity contribution in [1.29, 1.82) is 0 Å². The summed E-state index contributed by atoms with van der Waals surface area (Å²) < 4.78 is 10.1. The van der Waals surface area contributed by atoms with Gasteiger partial charge in [0.15, 0.2) is 0 Å². The van der Waals surface area contributed by atoms with Gasteiger partial charge in [0, 0.05) is 12.8 Å². The molecule has 164 valence electrons. The Kier molecular flexibility index (Phi) is 14.6. The largest absolute Gasteiger partial charge is 0.481 e. The van der Waals surface area contributed by atoms with E-state index in [0.717, 1.165) is 0 Å². The van der Waals surface area contributed by atoms with Crippen molar-refractivity contribution in [1.82, 2.24) is 0 Å². The molecule has 0 heterocycles. The third-order valence-electron chi connectivity index (χ3n) is 3.49. The van der Waals surface area contributed by atoms with Gasteiger partial charge in [-0.15, -0.1) is 0 Å². The van der Waals surface area contributed by atoms with Crippen LogP contribution >= 0.6 is 0 Å². The molecule has 0 saturated heterocycles. The monoisotopic (exact) mass is 420 g/mol. The molecule has 0 fully saturated rings. The molecule has 0 saturated carbocycles. The number of rotatable bonds is 11. The zero-order valence-corrected chi connectivity index (χ0v) is 17.2. The first-order chi connectivity index (χ1) is 14.3. The molecule has 2 N–H and O–H groups in total. The van der Waals surface area contributed by atoms with Crippen LogP contribution in [0, 0.1) is 0 Å². The highest BCUT2D eigenvalue weighted by Crippen LogP contribution is 2.12. The molecule has 0 aliphatic carbocycles. The van der Waals surface area contributed by atoms with Crippen LogP contribution in [-0.4, -0.2) is 47.3 Å². The fourth-order valence-electron chi connectivity index (χ4n) is 1.99. The molecule has 1 aromatic carbocycles. The summed E-state index contributed by atoms with van der Waals surface area (Å²) >= 11 is 0. The zero-order valence-electron chi connectivity index (χ0n) is 17.2. The minimum absolute atomic E-state index is 0.0628. The molecule has 1 rings (SSSR count). The lowest BCUT2D eigenvalue weighted by molar-refractivity contribution is -0.139. The number of carbonyl (C=O) groups is 4. The van der Waals surface area contributed by atoms with Gasteiger partial charge in [-0.25, -0.2) is 9.59 Å². The first-order valence-corrected chi connectivity index (χ1v) is 9.42. The summed E-state index contributed by atoms with van der Waals surface area (Å²) in [7, 11) is 0. The average molecular weight is 420 g/mol. The number of ether oxygens (including phenoxy) is 2. The summed E-state index contributed by atoms with van der Waals surface area (Å²) in [4.78, 5) is 43.6. The standard InChI is InChI=1S/C16H18O4.C6H10O4/c1-3-5-11-19-15(17)13-9-7-8-10-14(13)16(18)20-12-6-4-2;7-5(8)3-1-2-4-6(9)10/h3-10H,11-12H2,1-2H3;1-4H2,(H,7,8)(H,9,10). The van der Waals surface area contributed by atoms with Gasteiger partial charge in [0.25, 0.3) is 0 Å². The van der Waals surface area contributed by atoms with Gasteiger partial charge in [-0.3, -0.25) is 9.59 Å². The first kappa shape index (κ1) is 26.6. The van der Waals surface area contributed by atoms with Crippen molar-refractivity contribution in [2.24, 2.45) is 0 Å². The van der Waals surface area contributed by atoms with E-state index in [1.165, 1.54) is 0 Å². The molecule has 0 atom stereocenters. The molecule has 0 unspecified atom stereocenters. The van der Waals surface area contributed by atoms with Crippen molar-refractivity contribution < 1.29 is 38.9 Å². The lowest BCUT2D eigenvalue weighted by Gasteiger charge is -2.08. The summed E-state index contributed by atoms with van der Waals surface area (Å²) in [5, 5.41) is 16.3. The second-order valence-electron chi connectivity index (χ2n) is 5.88. The predicted molar refractivity (Wildman–Crippen MR) is 110 cm³/mol. The maximum absolute atomic E-state index is 11.9. The lowest BCUT2D eigenvalue weighted by Crippen LogP contribution is -2.14. The fourth-order valence-corrected chi connectivity index (χ4v) is 1.99. The van der Waals surface area contributed by atoms with E-state index in [4.69, 9.17) is 19.7 Å². The second kappa shape index (κ2) is 16.5. The normalized spacial score (nSPS) is 10.3. The molecule has 0 aliphatic heterocycles. The molecule has 0 radical (unpaired) electrons. The van der Waals surface area contributed by atoms with Gasteiger partial charge >= 0.3 is 23.9 Å². The van der Waals surface area contributed by atoms with E-state index in [9.17, 15) is 19.2 Å². The SMILES string of the molecule is CC=CCOC(=O)c1ccccc1C(=O)OCC=CC.O=C(O)CCCCC(=O)O. The Balaban J connectivity index is 0.000000710. The van der Waals surface area contributed by atoms with Crippen molar-refractivity contribution in [2.75, 3.05) is 13.2 Å². The van der Waals surface area contributed by atoms with Crippen LogP contribution in [0.3, 0.4) is 0 Å². The van der Waals surface area contributed by atoms with Crippen LogP contribution in [0.1, 0.15) is 60.2 Å². The van der Waals surface area contributed by atoms with Gasteiger partial charge in [0.2, 0.25) is 0 Å². The number of allylic oxidation sites excluding steroid dienone is 2. The number of aliphatic carboxylic acids is 2. The van der Waals surface area contributed by atoms with Gasteiger partial charge in [-0.05, 0) is 38.8 Å². The van der Waals surface area contributed by atoms with Crippen LogP contribution in [0.25, 0.3) is 0 Å². The van der Waals surface area contributed by atoms with Crippen molar-refractivity contribution in [3.05, 3.63) is 59.7 Å². The molecule has 1 aromatic rings. The summed E-state index contributed by atoms with van der Waals surface area (Å²) in [5.74, 6) is -2.82. The van der Waals surface area contributed by atoms with E-state index in [-0.39, 0.29) is 37.2 Å². The molecule has 0 aromatic heterocycles. The Bertz CT molecular complexity index is 686. The second-order valence-corrected chi connectivity index (χ2v) is 5.88. The molecular formula is C22H28O8. The Morgan fingerprint density at radius 2 is 1.13 bits per heavy atom. The number of hydrogen-bond acceptors (Lipinski definition) is 6. The molecular weight excluding hydrogens is 392 g/mol. The number of benzene rings is 1. The molecule has 0 amide bonds. The van der Waals surface area contributed by atoms with Crippen molar-refractivity contribution in [3.63, 3.8) is 0 Å². The van der Waals surface area contributed by atoms with Crippen LogP contribution in [0.4, 0.5) is 0 Å². The third kappa shape index (κ3) is 12.9. The van der Waals surface area contributed by atoms with E-state index in [0.29, 0.717) is 12.8 Å². The van der Waals surface area contributed by atoms with E-state index in [1.807, 2.05) is 13.8 Å². The molecule has 0 aliphatic rings. The van der Waals surface area contributed by atoms with E-state index < -0.39 is 23.9 Å². The van der Waals surface area contributed by atoms with Gasteiger partial charge in [-0.1, -0.05) is 36.4 Å². The fraction of sp³-hybridized carbons (Fsp3) is 0.364. The number of hydrogen-bond donors (Lipinski definition) is 2. The highest BCUT2D eigenvalue weighted by atomic mass is 16.5. The van der Waals surface area contributed by atoms with Crippen LogP contribution in [0.5, 0.6) is 0 Å². The number of carbonyl (C=O) groups excluding carboxylic acids is 2. The summed E-state index contributed by atoms with van der Waals surface area (Å²) in [6, 6.07) is 6.44. The summed E-state index contributed by atoms with van der Waals surface area (Å²) in [6.07, 6.45) is 8.01. The minimum Gasteiger partial charge on any atom is -0.481 e. The van der Waals surface area contributed by atoms with Gasteiger partial charge in [-0.2, -0.15) is 0 Å². The Morgan fingerprint density at radius 1 is 0.767 bits per heavy atom. The molecule has 0 bridgehead atoms. The summed E-state index contributed by atoms with van der Waals surface area (Å²) in [5.41, 5.74) is 0.421. The smallest absolute Gasteiger partial charge is 0.339 e. The van der Waals surface area contributed by atoms with E-state index in [1.54, 1.807) is 48.6 Å². The maximum atomic E-state index is 11.9. The number of unbranched alkanes of at least 4 members (excludes halogenated alkanes) is 1. The van der Waals surface area contributed by atoms with Crippen molar-refractivity contribution in [2.45, 2.75) is 39.5 Å². The van der Waals surface area contributed by atoms with Crippen LogP contribution in [0.15, 0.2) is 48.6 Å². The van der Waals surface area contributed by atoms with Gasteiger partial charge in [0.1, 0.15) is 13.2 Å². The number of carboxylic acid groups (broad SMARTS) is 2. The highest BCUT2D eigenvalue weighted by Gasteiger charge is 2.18. The quantitative estimate of drug-likeness (QED) is 0.314. The molecule has 30 heavy (non-hydrogen) atoms. The Labute approximate surface area is 175 Å². The predicted octanol–water partition coefficient (Wildman–Crippen LogP) is 3.87. The molecule has 0 spiro atoms. The topological polar surface area (TPSA) is 127 Å². The number of esters is 2. The van der Waals surface area contributed by atoms with Crippen molar-refractivity contribution >= 4 is 23.9 Å². The number of carboxylic acids is 2. The highest BCUT2D eigenvalue weighted by molar-refractivity contribution is 6.03. The summed E-state index contributed by atoms with van der Waals surface area (Å²) in [6.45, 7) is 4.02.